The van der Waals surface area contributed by atoms with E-state index < -0.39 is 5.97 Å². The molecule has 1 aromatic rings. The van der Waals surface area contributed by atoms with Crippen LogP contribution in [0.15, 0.2) is 24.3 Å². The number of hydrogen-bond donors (Lipinski definition) is 1. The largest absolute Gasteiger partial charge is 0.491 e. The van der Waals surface area contributed by atoms with Crippen LogP contribution in [0.5, 0.6) is 5.75 Å². The van der Waals surface area contributed by atoms with E-state index in [1.807, 2.05) is 13.8 Å². The average Bonchev–Trinajstić information content (AvgIpc) is 2.35. The summed E-state index contributed by atoms with van der Waals surface area (Å²) in [6.45, 7) is 4.05. The second-order valence-electron chi connectivity index (χ2n) is 4.56. The van der Waals surface area contributed by atoms with Crippen molar-refractivity contribution in [2.45, 2.75) is 26.4 Å². The van der Waals surface area contributed by atoms with Gasteiger partial charge in [0.2, 0.25) is 0 Å². The summed E-state index contributed by atoms with van der Waals surface area (Å²) in [4.78, 5) is 23.8. The number of amides is 1. The molecule has 0 aliphatic heterocycles. The molecule has 0 atom stereocenters. The molecule has 0 aliphatic rings. The number of hydrogen-bond acceptors (Lipinski definition) is 3. The molecule has 1 N–H and O–H groups in total. The maximum absolute atomic E-state index is 12.0. The molecule has 19 heavy (non-hydrogen) atoms. The predicted molar refractivity (Wildman–Crippen MR) is 71.4 cm³/mol. The van der Waals surface area contributed by atoms with E-state index >= 15 is 0 Å². The second-order valence-corrected chi connectivity index (χ2v) is 4.56. The summed E-state index contributed by atoms with van der Waals surface area (Å²) in [5.41, 5.74) is 0.518. The van der Waals surface area contributed by atoms with Gasteiger partial charge in [0, 0.05) is 19.2 Å². The Morgan fingerprint density at radius 1 is 1.26 bits per heavy atom. The van der Waals surface area contributed by atoms with E-state index in [0.717, 1.165) is 0 Å². The van der Waals surface area contributed by atoms with Crippen molar-refractivity contribution in [2.75, 3.05) is 13.6 Å². The monoisotopic (exact) mass is 265 g/mol. The smallest absolute Gasteiger partial charge is 0.305 e. The fourth-order valence-electron chi connectivity index (χ4n) is 1.53. The first kappa shape index (κ1) is 15.0. The first-order valence-electron chi connectivity index (χ1n) is 6.14. The second kappa shape index (κ2) is 6.78. The van der Waals surface area contributed by atoms with E-state index in [4.69, 9.17) is 9.84 Å². The van der Waals surface area contributed by atoms with Gasteiger partial charge in [-0.05, 0) is 38.1 Å². The number of nitrogens with zero attached hydrogens (tertiary/aromatic N) is 1. The van der Waals surface area contributed by atoms with Crippen molar-refractivity contribution in [1.82, 2.24) is 4.90 Å². The van der Waals surface area contributed by atoms with Gasteiger partial charge in [0.25, 0.3) is 5.91 Å². The molecule has 0 heterocycles. The van der Waals surface area contributed by atoms with Gasteiger partial charge in [-0.3, -0.25) is 9.59 Å². The van der Waals surface area contributed by atoms with Crippen LogP contribution >= 0.6 is 0 Å². The van der Waals surface area contributed by atoms with Crippen molar-refractivity contribution in [3.63, 3.8) is 0 Å². The highest BCUT2D eigenvalue weighted by molar-refractivity contribution is 5.94. The number of ether oxygens (including phenoxy) is 1. The standard InChI is InChI=1S/C14H19NO4/c1-10(2)19-12-6-4-11(5-7-12)14(18)15(3)9-8-13(16)17/h4-7,10H,8-9H2,1-3H3,(H,16,17). The zero-order valence-corrected chi connectivity index (χ0v) is 11.4. The Hall–Kier alpha value is -2.04. The number of carbonyl (C=O) groups excluding carboxylic acids is 1. The number of carboxylic acids is 1. The zero-order chi connectivity index (χ0) is 14.4. The van der Waals surface area contributed by atoms with Crippen molar-refractivity contribution in [3.8, 4) is 5.75 Å². The van der Waals surface area contributed by atoms with Crippen molar-refractivity contribution < 1.29 is 19.4 Å². The molecule has 5 heteroatoms. The van der Waals surface area contributed by atoms with Gasteiger partial charge in [-0.25, -0.2) is 0 Å². The maximum Gasteiger partial charge on any atom is 0.305 e. The number of aliphatic carboxylic acids is 1. The Balaban J connectivity index is 2.64. The lowest BCUT2D eigenvalue weighted by Gasteiger charge is -2.16. The van der Waals surface area contributed by atoms with Crippen LogP contribution in [-0.2, 0) is 4.79 Å². The first-order valence-corrected chi connectivity index (χ1v) is 6.14. The molecule has 5 nitrogen and oxygen atoms in total. The zero-order valence-electron chi connectivity index (χ0n) is 11.4. The molecule has 1 amide bonds. The van der Waals surface area contributed by atoms with Gasteiger partial charge in [-0.15, -0.1) is 0 Å². The van der Waals surface area contributed by atoms with E-state index in [1.54, 1.807) is 31.3 Å². The minimum absolute atomic E-state index is 0.0587. The van der Waals surface area contributed by atoms with E-state index in [1.165, 1.54) is 4.90 Å². The van der Waals surface area contributed by atoms with E-state index in [-0.39, 0.29) is 25.0 Å². The third-order valence-corrected chi connectivity index (χ3v) is 2.48. The quantitative estimate of drug-likeness (QED) is 0.854. The van der Waals surface area contributed by atoms with E-state index in [2.05, 4.69) is 0 Å². The SMILES string of the molecule is CC(C)Oc1ccc(C(=O)N(C)CCC(=O)O)cc1. The minimum Gasteiger partial charge on any atom is -0.491 e. The Kier molecular flexibility index (Phi) is 5.36. The van der Waals surface area contributed by atoms with Crippen LogP contribution in [0.3, 0.4) is 0 Å². The molecule has 0 saturated heterocycles. The van der Waals surface area contributed by atoms with Crippen molar-refractivity contribution >= 4 is 11.9 Å². The lowest BCUT2D eigenvalue weighted by molar-refractivity contribution is -0.137. The van der Waals surface area contributed by atoms with Gasteiger partial charge in [0.15, 0.2) is 0 Å². The fraction of sp³-hybridized carbons (Fsp3) is 0.429. The highest BCUT2D eigenvalue weighted by Gasteiger charge is 2.12. The summed E-state index contributed by atoms with van der Waals surface area (Å²) in [7, 11) is 1.59. The molecule has 0 aromatic heterocycles. The summed E-state index contributed by atoms with van der Waals surface area (Å²) >= 11 is 0. The molecule has 1 rings (SSSR count). The van der Waals surface area contributed by atoms with Gasteiger partial charge >= 0.3 is 5.97 Å². The Morgan fingerprint density at radius 2 is 1.84 bits per heavy atom. The number of carbonyl (C=O) groups is 2. The van der Waals surface area contributed by atoms with Crippen LogP contribution in [0.4, 0.5) is 0 Å². The van der Waals surface area contributed by atoms with Crippen molar-refractivity contribution in [3.05, 3.63) is 29.8 Å². The number of benzene rings is 1. The molecule has 0 radical (unpaired) electrons. The summed E-state index contributed by atoms with van der Waals surface area (Å²) < 4.78 is 5.49. The lowest BCUT2D eigenvalue weighted by Crippen LogP contribution is -2.28. The Labute approximate surface area is 112 Å². The molecular formula is C14H19NO4. The minimum atomic E-state index is -0.916. The van der Waals surface area contributed by atoms with Gasteiger partial charge in [0.05, 0.1) is 12.5 Å². The average molecular weight is 265 g/mol. The molecule has 0 spiro atoms. The highest BCUT2D eigenvalue weighted by atomic mass is 16.5. The number of rotatable bonds is 6. The van der Waals surface area contributed by atoms with Crippen LogP contribution in [0.25, 0.3) is 0 Å². The Bertz CT molecular complexity index is 439. The first-order chi connectivity index (χ1) is 8.90. The Morgan fingerprint density at radius 3 is 2.32 bits per heavy atom. The molecule has 0 unspecified atom stereocenters. The molecule has 0 bridgehead atoms. The van der Waals surface area contributed by atoms with Crippen LogP contribution in [0.2, 0.25) is 0 Å². The summed E-state index contributed by atoms with van der Waals surface area (Å²) in [6.07, 6.45) is 0.0244. The predicted octanol–water partition coefficient (Wildman–Crippen LogP) is 2.02. The number of carboxylic acid groups (broad SMARTS) is 1. The summed E-state index contributed by atoms with van der Waals surface area (Å²) in [5.74, 6) is -0.405. The van der Waals surface area contributed by atoms with E-state index in [9.17, 15) is 9.59 Å². The topological polar surface area (TPSA) is 66.8 Å². The van der Waals surface area contributed by atoms with Gasteiger partial charge < -0.3 is 14.7 Å². The van der Waals surface area contributed by atoms with Crippen LogP contribution < -0.4 is 4.74 Å². The van der Waals surface area contributed by atoms with Gasteiger partial charge in [0.1, 0.15) is 5.75 Å². The molecular weight excluding hydrogens is 246 g/mol. The summed E-state index contributed by atoms with van der Waals surface area (Å²) in [6, 6.07) is 6.82. The van der Waals surface area contributed by atoms with Crippen molar-refractivity contribution in [2.24, 2.45) is 0 Å². The highest BCUT2D eigenvalue weighted by Crippen LogP contribution is 2.14. The normalized spacial score (nSPS) is 10.3. The van der Waals surface area contributed by atoms with Gasteiger partial charge in [-0.1, -0.05) is 0 Å². The molecule has 1 aromatic carbocycles. The molecule has 0 aliphatic carbocycles. The van der Waals surface area contributed by atoms with Gasteiger partial charge in [-0.2, -0.15) is 0 Å². The van der Waals surface area contributed by atoms with Crippen LogP contribution in [-0.4, -0.2) is 41.6 Å². The molecule has 104 valence electrons. The lowest BCUT2D eigenvalue weighted by atomic mass is 10.2. The van der Waals surface area contributed by atoms with Crippen LogP contribution in [0, 0.1) is 0 Å². The molecule has 0 saturated carbocycles. The molecule has 0 fully saturated rings. The fourth-order valence-corrected chi connectivity index (χ4v) is 1.53. The van der Waals surface area contributed by atoms with E-state index in [0.29, 0.717) is 11.3 Å². The third-order valence-electron chi connectivity index (χ3n) is 2.48. The van der Waals surface area contributed by atoms with Crippen LogP contribution in [0.1, 0.15) is 30.6 Å². The third kappa shape index (κ3) is 4.99. The maximum atomic E-state index is 12.0. The summed E-state index contributed by atoms with van der Waals surface area (Å²) in [5, 5.41) is 8.58. The van der Waals surface area contributed by atoms with Crippen molar-refractivity contribution in [1.29, 1.82) is 0 Å².